The lowest BCUT2D eigenvalue weighted by atomic mass is 10.1. The minimum Gasteiger partial charge on any atom is -0.305 e. The molecule has 0 aliphatic carbocycles. The smallest absolute Gasteiger partial charge is 0.305 e. The van der Waals surface area contributed by atoms with Gasteiger partial charge in [-0.25, -0.2) is 0 Å². The molecule has 142 valence electrons. The lowest BCUT2D eigenvalue weighted by molar-refractivity contribution is -0.137. The van der Waals surface area contributed by atoms with Gasteiger partial charge in [-0.15, -0.1) is 0 Å². The Morgan fingerprint density at radius 3 is 2.64 bits per heavy atom. The lowest BCUT2D eigenvalue weighted by Gasteiger charge is -2.09. The molecule has 0 aliphatic rings. The first-order chi connectivity index (χ1) is 13.3. The Morgan fingerprint density at radius 2 is 1.93 bits per heavy atom. The number of benzene rings is 2. The van der Waals surface area contributed by atoms with Crippen molar-refractivity contribution in [3.05, 3.63) is 82.5 Å². The molecule has 1 N–H and O–H groups in total. The number of nitriles is 1. The van der Waals surface area contributed by atoms with Crippen LogP contribution in [0.5, 0.6) is 0 Å². The Morgan fingerprint density at radius 1 is 1.18 bits per heavy atom. The average Bonchev–Trinajstić information content (AvgIpc) is 3.00. The van der Waals surface area contributed by atoms with Crippen molar-refractivity contribution >= 4 is 11.7 Å². The van der Waals surface area contributed by atoms with Gasteiger partial charge in [0.1, 0.15) is 0 Å². The maximum Gasteiger partial charge on any atom is 0.416 e. The maximum atomic E-state index is 12.9. The monoisotopic (exact) mass is 384 g/mol. The largest absolute Gasteiger partial charge is 0.416 e. The number of aromatic nitrogens is 2. The Bertz CT molecular complexity index is 1060. The fourth-order valence-electron chi connectivity index (χ4n) is 2.67. The number of nitrogens with zero attached hydrogens (tertiary/aromatic N) is 3. The van der Waals surface area contributed by atoms with E-state index in [4.69, 9.17) is 5.26 Å². The molecule has 0 saturated carbocycles. The third-order valence-electron chi connectivity index (χ3n) is 4.06. The topological polar surface area (TPSA) is 70.7 Å². The molecule has 1 heterocycles. The zero-order valence-corrected chi connectivity index (χ0v) is 14.8. The molecule has 0 unspecified atom stereocenters. The lowest BCUT2D eigenvalue weighted by Crippen LogP contribution is -2.13. The highest BCUT2D eigenvalue weighted by molar-refractivity contribution is 6.03. The molecule has 0 spiro atoms. The fraction of sp³-hybridized carbons (Fsp3) is 0.150. The number of amides is 1. The Labute approximate surface area is 159 Å². The van der Waals surface area contributed by atoms with E-state index in [0.717, 1.165) is 12.1 Å². The van der Waals surface area contributed by atoms with Crippen molar-refractivity contribution < 1.29 is 18.0 Å². The number of nitrogens with one attached hydrogen (secondary N) is 1. The van der Waals surface area contributed by atoms with E-state index < -0.39 is 17.6 Å². The molecular formula is C20H15F3N4O. The van der Waals surface area contributed by atoms with Crippen LogP contribution in [0, 0.1) is 18.3 Å². The summed E-state index contributed by atoms with van der Waals surface area (Å²) in [4.78, 5) is 12.3. The molecule has 0 radical (unpaired) electrons. The predicted molar refractivity (Wildman–Crippen MR) is 96.6 cm³/mol. The van der Waals surface area contributed by atoms with E-state index in [2.05, 4.69) is 10.4 Å². The third-order valence-corrected chi connectivity index (χ3v) is 4.06. The van der Waals surface area contributed by atoms with Crippen LogP contribution in [0.4, 0.5) is 19.0 Å². The second-order valence-corrected chi connectivity index (χ2v) is 6.17. The van der Waals surface area contributed by atoms with Gasteiger partial charge in [-0.1, -0.05) is 18.2 Å². The summed E-state index contributed by atoms with van der Waals surface area (Å²) >= 11 is 0. The highest BCUT2D eigenvalue weighted by Crippen LogP contribution is 2.29. The maximum absolute atomic E-state index is 12.9. The van der Waals surface area contributed by atoms with Crippen LogP contribution in [-0.2, 0) is 12.7 Å². The molecule has 3 aromatic rings. The quantitative estimate of drug-likeness (QED) is 0.726. The van der Waals surface area contributed by atoms with E-state index in [0.29, 0.717) is 22.4 Å². The molecule has 2 aromatic carbocycles. The molecule has 8 heteroatoms. The minimum atomic E-state index is -4.41. The summed E-state index contributed by atoms with van der Waals surface area (Å²) in [6, 6.07) is 14.8. The number of halogens is 3. The van der Waals surface area contributed by atoms with Crippen LogP contribution in [0.25, 0.3) is 0 Å². The summed E-state index contributed by atoms with van der Waals surface area (Å²) in [5.74, 6) is -0.155. The highest BCUT2D eigenvalue weighted by Gasteiger charge is 2.30. The molecule has 1 amide bonds. The van der Waals surface area contributed by atoms with Crippen LogP contribution in [0.1, 0.15) is 32.7 Å². The minimum absolute atomic E-state index is 0.134. The van der Waals surface area contributed by atoms with Gasteiger partial charge in [0.15, 0.2) is 5.82 Å². The third kappa shape index (κ3) is 4.38. The van der Waals surface area contributed by atoms with Crippen molar-refractivity contribution in [3.8, 4) is 6.07 Å². The van der Waals surface area contributed by atoms with Crippen LogP contribution in [0.3, 0.4) is 0 Å². The molecule has 5 nitrogen and oxygen atoms in total. The molecule has 0 aliphatic heterocycles. The number of rotatable bonds is 4. The Balaban J connectivity index is 1.76. The number of alkyl halides is 3. The van der Waals surface area contributed by atoms with Crippen LogP contribution in [0.15, 0.2) is 54.6 Å². The van der Waals surface area contributed by atoms with E-state index in [-0.39, 0.29) is 12.4 Å². The highest BCUT2D eigenvalue weighted by atomic mass is 19.4. The van der Waals surface area contributed by atoms with Crippen LogP contribution < -0.4 is 5.32 Å². The van der Waals surface area contributed by atoms with E-state index >= 15 is 0 Å². The molecule has 3 rings (SSSR count). The van der Waals surface area contributed by atoms with Crippen molar-refractivity contribution in [3.63, 3.8) is 0 Å². The van der Waals surface area contributed by atoms with Gasteiger partial charge < -0.3 is 5.32 Å². The summed E-state index contributed by atoms with van der Waals surface area (Å²) < 4.78 is 40.1. The van der Waals surface area contributed by atoms with Gasteiger partial charge in [-0.3, -0.25) is 9.48 Å². The first kappa shape index (κ1) is 19.2. The summed E-state index contributed by atoms with van der Waals surface area (Å²) in [5.41, 5.74) is 1.07. The number of carbonyl (C=O) groups excluding carboxylic acids is 1. The van der Waals surface area contributed by atoms with Crippen LogP contribution >= 0.6 is 0 Å². The van der Waals surface area contributed by atoms with Crippen molar-refractivity contribution in [1.82, 2.24) is 9.78 Å². The molecular weight excluding hydrogens is 369 g/mol. The Kier molecular flexibility index (Phi) is 5.18. The number of hydrogen-bond acceptors (Lipinski definition) is 3. The normalized spacial score (nSPS) is 11.1. The molecule has 0 bridgehead atoms. The summed E-state index contributed by atoms with van der Waals surface area (Å²) in [6.45, 7) is 1.88. The van der Waals surface area contributed by atoms with E-state index in [1.165, 1.54) is 16.8 Å². The summed E-state index contributed by atoms with van der Waals surface area (Å²) in [6.07, 6.45) is -4.41. The first-order valence-electron chi connectivity index (χ1n) is 8.28. The molecule has 1 aromatic heterocycles. The van der Waals surface area contributed by atoms with Crippen LogP contribution in [-0.4, -0.2) is 15.7 Å². The summed E-state index contributed by atoms with van der Waals surface area (Å²) in [7, 11) is 0. The number of hydrogen-bond donors (Lipinski definition) is 1. The van der Waals surface area contributed by atoms with Gasteiger partial charge in [-0.2, -0.15) is 23.5 Å². The van der Waals surface area contributed by atoms with Gasteiger partial charge in [0.2, 0.25) is 0 Å². The second-order valence-electron chi connectivity index (χ2n) is 6.17. The molecule has 0 atom stereocenters. The zero-order chi connectivity index (χ0) is 20.3. The summed E-state index contributed by atoms with van der Waals surface area (Å²) in [5, 5.41) is 15.8. The van der Waals surface area contributed by atoms with E-state index in [9.17, 15) is 18.0 Å². The van der Waals surface area contributed by atoms with E-state index in [1.54, 1.807) is 37.3 Å². The van der Waals surface area contributed by atoms with Gasteiger partial charge in [0.05, 0.1) is 23.7 Å². The van der Waals surface area contributed by atoms with Crippen molar-refractivity contribution in [1.29, 1.82) is 5.26 Å². The molecule has 0 saturated heterocycles. The average molecular weight is 384 g/mol. The standard InChI is InChI=1S/C20H15F3N4O/c1-13-8-18(25-19(28)16-6-2-4-14(9-16)11-24)26-27(13)12-15-5-3-7-17(10-15)20(21,22)23/h2-10H,12H2,1H3,(H,25,26,28). The number of carbonyl (C=O) groups is 1. The Hall–Kier alpha value is -3.60. The number of anilines is 1. The van der Waals surface area contributed by atoms with Gasteiger partial charge in [-0.05, 0) is 42.8 Å². The zero-order valence-electron chi connectivity index (χ0n) is 14.8. The van der Waals surface area contributed by atoms with Gasteiger partial charge in [0, 0.05) is 17.3 Å². The SMILES string of the molecule is Cc1cc(NC(=O)c2cccc(C#N)c2)nn1Cc1cccc(C(F)(F)F)c1. The molecule has 0 fully saturated rings. The van der Waals surface area contributed by atoms with Crippen molar-refractivity contribution in [2.24, 2.45) is 0 Å². The van der Waals surface area contributed by atoms with Gasteiger partial charge >= 0.3 is 6.18 Å². The first-order valence-corrected chi connectivity index (χ1v) is 8.28. The number of aryl methyl sites for hydroxylation is 1. The van der Waals surface area contributed by atoms with Gasteiger partial charge in [0.25, 0.3) is 5.91 Å². The molecule has 28 heavy (non-hydrogen) atoms. The second kappa shape index (κ2) is 7.56. The van der Waals surface area contributed by atoms with Crippen molar-refractivity contribution in [2.45, 2.75) is 19.6 Å². The van der Waals surface area contributed by atoms with E-state index in [1.807, 2.05) is 6.07 Å². The van der Waals surface area contributed by atoms with Crippen molar-refractivity contribution in [2.75, 3.05) is 5.32 Å². The van der Waals surface area contributed by atoms with Crippen LogP contribution in [0.2, 0.25) is 0 Å². The fourth-order valence-corrected chi connectivity index (χ4v) is 2.67. The predicted octanol–water partition coefficient (Wildman–Crippen LogP) is 4.38.